The summed E-state index contributed by atoms with van der Waals surface area (Å²) in [6.07, 6.45) is -1.64. The highest BCUT2D eigenvalue weighted by Gasteiger charge is 2.44. The zero-order valence-corrected chi connectivity index (χ0v) is 22.4. The zero-order valence-electron chi connectivity index (χ0n) is 21.5. The average molecular weight is 528 g/mol. The molecule has 0 fully saturated rings. The molecule has 0 aromatic heterocycles. The van der Waals surface area contributed by atoms with Gasteiger partial charge in [-0.2, -0.15) is 5.09 Å². The van der Waals surface area contributed by atoms with Gasteiger partial charge in [0, 0.05) is 18.9 Å². The van der Waals surface area contributed by atoms with E-state index < -0.39 is 56.8 Å². The molecule has 9 nitrogen and oxygen atoms in total. The number of fused-ring (bicyclic) bond motifs is 1. The van der Waals surface area contributed by atoms with E-state index in [1.54, 1.807) is 45.0 Å². The van der Waals surface area contributed by atoms with E-state index in [1.807, 2.05) is 18.2 Å². The van der Waals surface area contributed by atoms with Crippen LogP contribution in [-0.2, 0) is 32.9 Å². The first-order valence-corrected chi connectivity index (χ1v) is 13.2. The molecule has 2 rings (SSSR count). The van der Waals surface area contributed by atoms with Gasteiger partial charge in [0.25, 0.3) is 0 Å². The summed E-state index contributed by atoms with van der Waals surface area (Å²) in [7, 11) is -3.11. The molecule has 4 atom stereocenters. The summed E-state index contributed by atoms with van der Waals surface area (Å²) >= 11 is 0. The highest BCUT2D eigenvalue weighted by atomic mass is 31.2. The molecule has 0 aliphatic heterocycles. The molecule has 0 bridgehead atoms. The Morgan fingerprint density at radius 2 is 1.69 bits per heavy atom. The maximum Gasteiger partial charge on any atom is 0.459 e. The number of halogens is 1. The van der Waals surface area contributed by atoms with Crippen LogP contribution in [0.25, 0.3) is 10.8 Å². The summed E-state index contributed by atoms with van der Waals surface area (Å²) in [6, 6.07) is 11.3. The molecule has 0 aliphatic rings. The number of carbonyl (C=O) groups excluding carboxylic acids is 2. The van der Waals surface area contributed by atoms with Crippen LogP contribution < -0.4 is 9.61 Å². The molecular formula is C25H35FNO8P. The van der Waals surface area contributed by atoms with Gasteiger partial charge in [0.1, 0.15) is 17.9 Å². The average Bonchev–Trinajstić information content (AvgIpc) is 2.82. The van der Waals surface area contributed by atoms with Crippen molar-refractivity contribution in [2.24, 2.45) is 0 Å². The lowest BCUT2D eigenvalue weighted by atomic mass is 10.0. The number of hydrogen-bond acceptors (Lipinski definition) is 8. The van der Waals surface area contributed by atoms with Crippen molar-refractivity contribution in [3.05, 3.63) is 42.5 Å². The quantitative estimate of drug-likeness (QED) is 0.269. The Morgan fingerprint density at radius 3 is 2.33 bits per heavy atom. The Labute approximate surface area is 211 Å². The van der Waals surface area contributed by atoms with Crippen LogP contribution in [0.15, 0.2) is 42.5 Å². The van der Waals surface area contributed by atoms with E-state index in [0.717, 1.165) is 5.39 Å². The minimum Gasteiger partial charge on any atom is -0.462 e. The molecule has 0 aliphatic carbocycles. The van der Waals surface area contributed by atoms with Crippen molar-refractivity contribution in [1.82, 2.24) is 5.09 Å². The van der Waals surface area contributed by atoms with E-state index in [2.05, 4.69) is 5.09 Å². The van der Waals surface area contributed by atoms with E-state index in [0.29, 0.717) is 5.39 Å². The highest BCUT2D eigenvalue weighted by Crippen LogP contribution is 2.48. The molecule has 200 valence electrons. The molecule has 36 heavy (non-hydrogen) atoms. The van der Waals surface area contributed by atoms with E-state index in [-0.39, 0.29) is 12.2 Å². The van der Waals surface area contributed by atoms with Crippen LogP contribution in [0.4, 0.5) is 4.39 Å². The second-order valence-electron chi connectivity index (χ2n) is 8.63. The highest BCUT2D eigenvalue weighted by molar-refractivity contribution is 7.52. The van der Waals surface area contributed by atoms with Crippen molar-refractivity contribution in [3.63, 3.8) is 0 Å². The summed E-state index contributed by atoms with van der Waals surface area (Å²) in [4.78, 5) is 24.1. The summed E-state index contributed by atoms with van der Waals surface area (Å²) in [6.45, 7) is 6.38. The third-order valence-corrected chi connectivity index (χ3v) is 6.82. The number of benzene rings is 2. The molecule has 0 spiro atoms. The normalized spacial score (nSPS) is 16.6. The number of rotatable bonds is 14. The standard InChI is InChI=1S/C25H35FNO8P/c1-7-23(28)34-19(5)25(26,15-31-6)16-32-36(30,27-18(4)24(29)33-17(2)3)35-22-14-10-12-20-11-8-9-13-21(20)22/h8-14,17-19H,7,15-16H2,1-6H3,(H,27,30)/t18?,19-,25-,36?/m0/s1. The van der Waals surface area contributed by atoms with Crippen LogP contribution in [0.1, 0.15) is 41.0 Å². The van der Waals surface area contributed by atoms with Crippen molar-refractivity contribution in [1.29, 1.82) is 0 Å². The Bertz CT molecular complexity index is 1080. The molecule has 2 unspecified atom stereocenters. The minimum atomic E-state index is -4.39. The number of esters is 2. The molecule has 0 radical (unpaired) electrons. The second-order valence-corrected chi connectivity index (χ2v) is 10.3. The van der Waals surface area contributed by atoms with E-state index in [4.69, 9.17) is 23.3 Å². The van der Waals surface area contributed by atoms with Gasteiger partial charge in [-0.15, -0.1) is 0 Å². The number of alkyl halides is 1. The van der Waals surface area contributed by atoms with Gasteiger partial charge in [-0.05, 0) is 39.1 Å². The number of ether oxygens (including phenoxy) is 3. The van der Waals surface area contributed by atoms with Crippen molar-refractivity contribution in [2.45, 2.75) is 65.0 Å². The predicted octanol–water partition coefficient (Wildman–Crippen LogP) is 4.97. The van der Waals surface area contributed by atoms with E-state index in [9.17, 15) is 14.2 Å². The van der Waals surface area contributed by atoms with Crippen molar-refractivity contribution < 1.29 is 41.8 Å². The van der Waals surface area contributed by atoms with E-state index in [1.165, 1.54) is 21.0 Å². The third-order valence-electron chi connectivity index (χ3n) is 5.21. The molecule has 0 saturated carbocycles. The van der Waals surface area contributed by atoms with Gasteiger partial charge in [-0.1, -0.05) is 43.3 Å². The molecule has 2 aromatic carbocycles. The van der Waals surface area contributed by atoms with Crippen molar-refractivity contribution in [2.75, 3.05) is 20.3 Å². The Hall–Kier alpha value is -2.52. The van der Waals surface area contributed by atoms with Crippen LogP contribution >= 0.6 is 7.75 Å². The first kappa shape index (κ1) is 29.7. The maximum absolute atomic E-state index is 15.8. The molecular weight excluding hydrogens is 492 g/mol. The van der Waals surface area contributed by atoms with Crippen LogP contribution in [0.3, 0.4) is 0 Å². The van der Waals surface area contributed by atoms with Crippen LogP contribution in [0, 0.1) is 0 Å². The topological polar surface area (TPSA) is 109 Å². The number of carbonyl (C=O) groups is 2. The lowest BCUT2D eigenvalue weighted by Crippen LogP contribution is -2.47. The van der Waals surface area contributed by atoms with E-state index >= 15 is 4.39 Å². The van der Waals surface area contributed by atoms with Crippen LogP contribution in [0.5, 0.6) is 5.75 Å². The Kier molecular flexibility index (Phi) is 10.8. The number of methoxy groups -OCH3 is 1. The molecule has 0 heterocycles. The van der Waals surface area contributed by atoms with Crippen LogP contribution in [0.2, 0.25) is 0 Å². The van der Waals surface area contributed by atoms with Gasteiger partial charge in [0.15, 0.2) is 5.67 Å². The molecule has 0 saturated heterocycles. The van der Waals surface area contributed by atoms with Gasteiger partial charge in [0.05, 0.1) is 19.3 Å². The SMILES string of the molecule is CCC(=O)O[C@@H](C)[C@](F)(COC)COP(=O)(NC(C)C(=O)OC(C)C)Oc1cccc2ccccc12. The summed E-state index contributed by atoms with van der Waals surface area (Å²) in [5.74, 6) is -1.10. The predicted molar refractivity (Wildman–Crippen MR) is 134 cm³/mol. The van der Waals surface area contributed by atoms with Gasteiger partial charge in [-0.3, -0.25) is 14.1 Å². The molecule has 11 heteroatoms. The lowest BCUT2D eigenvalue weighted by Gasteiger charge is -2.32. The monoisotopic (exact) mass is 527 g/mol. The minimum absolute atomic E-state index is 0.0496. The summed E-state index contributed by atoms with van der Waals surface area (Å²) in [5, 5.41) is 3.99. The van der Waals surface area contributed by atoms with Gasteiger partial charge in [-0.25, -0.2) is 8.96 Å². The fraction of sp³-hybridized carbons (Fsp3) is 0.520. The largest absolute Gasteiger partial charge is 0.462 e. The first-order chi connectivity index (χ1) is 16.9. The second kappa shape index (κ2) is 13.1. The first-order valence-electron chi connectivity index (χ1n) is 11.7. The van der Waals surface area contributed by atoms with Gasteiger partial charge < -0.3 is 18.7 Å². The smallest absolute Gasteiger partial charge is 0.459 e. The Balaban J connectivity index is 2.37. The fourth-order valence-corrected chi connectivity index (χ4v) is 4.78. The lowest BCUT2D eigenvalue weighted by molar-refractivity contribution is -0.162. The van der Waals surface area contributed by atoms with Crippen LogP contribution in [-0.4, -0.2) is 56.2 Å². The number of nitrogens with one attached hydrogen (secondary N) is 1. The van der Waals surface area contributed by atoms with Gasteiger partial charge >= 0.3 is 19.7 Å². The fourth-order valence-electron chi connectivity index (χ4n) is 3.21. The van der Waals surface area contributed by atoms with Gasteiger partial charge in [0.2, 0.25) is 0 Å². The summed E-state index contributed by atoms with van der Waals surface area (Å²) < 4.78 is 56.3. The third kappa shape index (κ3) is 8.27. The number of hydrogen-bond donors (Lipinski definition) is 1. The Morgan fingerprint density at radius 1 is 1.03 bits per heavy atom. The van der Waals surface area contributed by atoms with Crippen molar-refractivity contribution >= 4 is 30.5 Å². The summed E-state index contributed by atoms with van der Waals surface area (Å²) in [5.41, 5.74) is -2.36. The van der Waals surface area contributed by atoms with Crippen molar-refractivity contribution in [3.8, 4) is 5.75 Å². The molecule has 0 amide bonds. The maximum atomic E-state index is 15.8. The molecule has 1 N–H and O–H groups in total. The zero-order chi connectivity index (χ0) is 26.9. The molecule has 2 aromatic rings.